The highest BCUT2D eigenvalue weighted by Crippen LogP contribution is 2.20. The second-order valence-electron chi connectivity index (χ2n) is 4.46. The molecule has 0 aliphatic carbocycles. The molecule has 1 atom stereocenters. The summed E-state index contributed by atoms with van der Waals surface area (Å²) < 4.78 is 1.80. The molecule has 6 heteroatoms. The third kappa shape index (κ3) is 2.16. The van der Waals surface area contributed by atoms with Gasteiger partial charge in [0, 0.05) is 30.2 Å². The van der Waals surface area contributed by atoms with Crippen molar-refractivity contribution >= 4 is 11.5 Å². The first-order valence-electron chi connectivity index (χ1n) is 6.35. The first kappa shape index (κ1) is 11.7. The summed E-state index contributed by atoms with van der Waals surface area (Å²) in [7, 11) is 0. The normalized spacial score (nSPS) is 12.7. The first-order chi connectivity index (χ1) is 9.28. The Morgan fingerprint density at radius 2 is 2.32 bits per heavy atom. The second kappa shape index (κ2) is 4.72. The number of fused-ring (bicyclic) bond motifs is 1. The molecule has 3 heterocycles. The second-order valence-corrected chi connectivity index (χ2v) is 4.46. The molecule has 0 amide bonds. The van der Waals surface area contributed by atoms with Gasteiger partial charge in [-0.25, -0.2) is 9.97 Å². The zero-order valence-corrected chi connectivity index (χ0v) is 11.0. The van der Waals surface area contributed by atoms with E-state index >= 15 is 0 Å². The van der Waals surface area contributed by atoms with Crippen molar-refractivity contribution in [2.45, 2.75) is 26.3 Å². The minimum Gasteiger partial charge on any atom is -0.360 e. The lowest BCUT2D eigenvalue weighted by molar-refractivity contribution is 0.693. The quantitative estimate of drug-likeness (QED) is 0.751. The zero-order valence-electron chi connectivity index (χ0n) is 11.0. The van der Waals surface area contributed by atoms with Gasteiger partial charge in [-0.3, -0.25) is 0 Å². The Kier molecular flexibility index (Phi) is 2.91. The minimum atomic E-state index is 0.129. The zero-order chi connectivity index (χ0) is 13.2. The fourth-order valence-corrected chi connectivity index (χ4v) is 2.15. The fraction of sp³-hybridized carbons (Fsp3) is 0.308. The summed E-state index contributed by atoms with van der Waals surface area (Å²) in [6.07, 6.45) is 6.28. The number of imidazole rings is 1. The number of nitrogens with one attached hydrogen (secondary N) is 2. The molecule has 6 nitrogen and oxygen atoms in total. The standard InChI is InChI=1S/C13H16N6/c1-3-10(13-14-6-7-15-13)18-12-8-9(2)17-11-4-5-16-19(11)12/h4-8,10,18H,3H2,1-2H3,(H,14,15). The molecule has 98 valence electrons. The van der Waals surface area contributed by atoms with Gasteiger partial charge in [-0.2, -0.15) is 9.61 Å². The maximum absolute atomic E-state index is 4.43. The van der Waals surface area contributed by atoms with E-state index in [9.17, 15) is 0 Å². The Morgan fingerprint density at radius 1 is 1.42 bits per heavy atom. The van der Waals surface area contributed by atoms with Gasteiger partial charge < -0.3 is 10.3 Å². The molecule has 1 unspecified atom stereocenters. The van der Waals surface area contributed by atoms with E-state index in [1.165, 1.54) is 0 Å². The fourth-order valence-electron chi connectivity index (χ4n) is 2.15. The molecule has 0 aliphatic rings. The monoisotopic (exact) mass is 256 g/mol. The Morgan fingerprint density at radius 3 is 3.05 bits per heavy atom. The average Bonchev–Trinajstić information content (AvgIpc) is 3.05. The van der Waals surface area contributed by atoms with Crippen LogP contribution in [0.1, 0.15) is 30.9 Å². The van der Waals surface area contributed by atoms with Crippen molar-refractivity contribution in [1.82, 2.24) is 24.6 Å². The molecule has 0 aromatic carbocycles. The number of H-pyrrole nitrogens is 1. The summed E-state index contributed by atoms with van der Waals surface area (Å²) in [6.45, 7) is 4.10. The van der Waals surface area contributed by atoms with Gasteiger partial charge in [-0.05, 0) is 13.3 Å². The maximum Gasteiger partial charge on any atom is 0.157 e. The topological polar surface area (TPSA) is 70.9 Å². The third-order valence-corrected chi connectivity index (χ3v) is 3.07. The van der Waals surface area contributed by atoms with Crippen molar-refractivity contribution in [2.75, 3.05) is 5.32 Å². The van der Waals surface area contributed by atoms with Crippen LogP contribution < -0.4 is 5.32 Å². The van der Waals surface area contributed by atoms with Crippen LogP contribution in [0.25, 0.3) is 5.65 Å². The summed E-state index contributed by atoms with van der Waals surface area (Å²) in [5.74, 6) is 1.85. The number of nitrogens with zero attached hydrogens (tertiary/aromatic N) is 4. The van der Waals surface area contributed by atoms with Gasteiger partial charge in [-0.1, -0.05) is 6.92 Å². The lowest BCUT2D eigenvalue weighted by Crippen LogP contribution is -2.14. The van der Waals surface area contributed by atoms with Gasteiger partial charge in [0.05, 0.1) is 12.2 Å². The Bertz CT molecular complexity index is 670. The van der Waals surface area contributed by atoms with E-state index in [0.29, 0.717) is 0 Å². The van der Waals surface area contributed by atoms with Crippen LogP contribution in [-0.4, -0.2) is 24.6 Å². The van der Waals surface area contributed by atoms with E-state index in [1.54, 1.807) is 16.9 Å². The molecule has 0 bridgehead atoms. The van der Waals surface area contributed by atoms with E-state index < -0.39 is 0 Å². The molecule has 0 saturated carbocycles. The number of hydrogen-bond acceptors (Lipinski definition) is 4. The number of aromatic nitrogens is 5. The Hall–Kier alpha value is -2.37. The Balaban J connectivity index is 1.98. The van der Waals surface area contributed by atoms with Crippen molar-refractivity contribution < 1.29 is 0 Å². The molecule has 0 spiro atoms. The predicted molar refractivity (Wildman–Crippen MR) is 73.0 cm³/mol. The van der Waals surface area contributed by atoms with Gasteiger partial charge in [0.1, 0.15) is 11.6 Å². The largest absolute Gasteiger partial charge is 0.360 e. The van der Waals surface area contributed by atoms with Crippen LogP contribution in [0.4, 0.5) is 5.82 Å². The maximum atomic E-state index is 4.43. The Labute approximate surface area is 110 Å². The van der Waals surface area contributed by atoms with E-state index in [2.05, 4.69) is 32.3 Å². The number of hydrogen-bond donors (Lipinski definition) is 2. The summed E-state index contributed by atoms with van der Waals surface area (Å²) in [5.41, 5.74) is 1.81. The van der Waals surface area contributed by atoms with Crippen molar-refractivity contribution in [1.29, 1.82) is 0 Å². The highest BCUT2D eigenvalue weighted by molar-refractivity contribution is 5.49. The van der Waals surface area contributed by atoms with Crippen LogP contribution >= 0.6 is 0 Å². The van der Waals surface area contributed by atoms with Gasteiger partial charge >= 0.3 is 0 Å². The van der Waals surface area contributed by atoms with Gasteiger partial charge in [0.15, 0.2) is 5.65 Å². The summed E-state index contributed by atoms with van der Waals surface area (Å²) in [4.78, 5) is 11.9. The molecule has 0 fully saturated rings. The number of aromatic amines is 1. The van der Waals surface area contributed by atoms with Gasteiger partial charge in [0.2, 0.25) is 0 Å². The molecule has 0 aliphatic heterocycles. The highest BCUT2D eigenvalue weighted by atomic mass is 15.3. The van der Waals surface area contributed by atoms with Gasteiger partial charge in [0.25, 0.3) is 0 Å². The molecular formula is C13H16N6. The summed E-state index contributed by atoms with van der Waals surface area (Å²) in [6, 6.07) is 4.02. The van der Waals surface area contributed by atoms with Crippen LogP contribution in [0.15, 0.2) is 30.7 Å². The summed E-state index contributed by atoms with van der Waals surface area (Å²) >= 11 is 0. The predicted octanol–water partition coefficient (Wildman–Crippen LogP) is 2.32. The SMILES string of the molecule is CCC(Nc1cc(C)nc2ccnn12)c1ncc[nH]1. The summed E-state index contributed by atoms with van der Waals surface area (Å²) in [5, 5.41) is 7.76. The molecular weight excluding hydrogens is 240 g/mol. The van der Waals surface area contributed by atoms with Crippen molar-refractivity contribution in [3.8, 4) is 0 Å². The molecule has 3 rings (SSSR count). The van der Waals surface area contributed by atoms with Crippen LogP contribution in [0.5, 0.6) is 0 Å². The molecule has 3 aromatic rings. The highest BCUT2D eigenvalue weighted by Gasteiger charge is 2.13. The van der Waals surface area contributed by atoms with E-state index in [1.807, 2.05) is 25.3 Å². The molecule has 3 aromatic heterocycles. The van der Waals surface area contributed by atoms with Crippen LogP contribution in [0.2, 0.25) is 0 Å². The van der Waals surface area contributed by atoms with E-state index in [-0.39, 0.29) is 6.04 Å². The number of rotatable bonds is 4. The van der Waals surface area contributed by atoms with Crippen LogP contribution in [-0.2, 0) is 0 Å². The van der Waals surface area contributed by atoms with Crippen LogP contribution in [0, 0.1) is 6.92 Å². The molecule has 19 heavy (non-hydrogen) atoms. The van der Waals surface area contributed by atoms with E-state index in [0.717, 1.165) is 29.4 Å². The molecule has 0 radical (unpaired) electrons. The minimum absolute atomic E-state index is 0.129. The van der Waals surface area contributed by atoms with Crippen LogP contribution in [0.3, 0.4) is 0 Å². The van der Waals surface area contributed by atoms with Gasteiger partial charge in [-0.15, -0.1) is 0 Å². The van der Waals surface area contributed by atoms with Crippen molar-refractivity contribution in [2.24, 2.45) is 0 Å². The van der Waals surface area contributed by atoms with Crippen molar-refractivity contribution in [3.05, 3.63) is 42.2 Å². The smallest absolute Gasteiger partial charge is 0.157 e. The molecule has 0 saturated heterocycles. The third-order valence-electron chi connectivity index (χ3n) is 3.07. The first-order valence-corrected chi connectivity index (χ1v) is 6.35. The van der Waals surface area contributed by atoms with Crippen molar-refractivity contribution in [3.63, 3.8) is 0 Å². The number of anilines is 1. The van der Waals surface area contributed by atoms with E-state index in [4.69, 9.17) is 0 Å². The molecule has 2 N–H and O–H groups in total. The lowest BCUT2D eigenvalue weighted by atomic mass is 10.2. The number of aryl methyl sites for hydroxylation is 1. The average molecular weight is 256 g/mol. The lowest BCUT2D eigenvalue weighted by Gasteiger charge is -2.17.